The Morgan fingerprint density at radius 1 is 1.64 bits per heavy atom. The number of rotatable bonds is 3. The molecular weight excluding hydrogens is 188 g/mol. The van der Waals surface area contributed by atoms with Crippen LogP contribution in [0.1, 0.15) is 6.92 Å². The smallest absolute Gasteiger partial charge is 0.336 e. The van der Waals surface area contributed by atoms with Gasteiger partial charge in [-0.2, -0.15) is 0 Å². The number of hydrogen-bond acceptors (Lipinski definition) is 5. The van der Waals surface area contributed by atoms with E-state index in [0.717, 1.165) is 12.3 Å². The van der Waals surface area contributed by atoms with E-state index in [1.165, 1.54) is 13.2 Å². The van der Waals surface area contributed by atoms with Crippen molar-refractivity contribution >= 4 is 11.9 Å². The molecule has 14 heavy (non-hydrogen) atoms. The SMILES string of the molecule is COC(=O)/C=C\O[C@H]1C=C(C)C(=O)O1. The lowest BCUT2D eigenvalue weighted by atomic mass is 10.3. The highest BCUT2D eigenvalue weighted by atomic mass is 16.7. The van der Waals surface area contributed by atoms with Gasteiger partial charge in [-0.3, -0.25) is 0 Å². The molecule has 0 N–H and O–H groups in total. The summed E-state index contributed by atoms with van der Waals surface area (Å²) in [6.45, 7) is 1.62. The lowest BCUT2D eigenvalue weighted by Crippen LogP contribution is -2.09. The molecule has 0 unspecified atom stereocenters. The number of hydrogen-bond donors (Lipinski definition) is 0. The molecule has 0 radical (unpaired) electrons. The molecule has 5 nitrogen and oxygen atoms in total. The summed E-state index contributed by atoms with van der Waals surface area (Å²) in [5, 5.41) is 0. The third-order valence-corrected chi connectivity index (χ3v) is 1.55. The van der Waals surface area contributed by atoms with Crippen molar-refractivity contribution in [3.05, 3.63) is 24.0 Å². The first-order valence-corrected chi connectivity index (χ1v) is 3.93. The molecule has 1 rings (SSSR count). The van der Waals surface area contributed by atoms with E-state index < -0.39 is 18.2 Å². The Labute approximate surface area is 80.9 Å². The number of carbonyl (C=O) groups excluding carboxylic acids is 2. The normalized spacial score (nSPS) is 20.6. The zero-order chi connectivity index (χ0) is 10.6. The molecule has 1 aliphatic heterocycles. The molecule has 1 heterocycles. The number of esters is 2. The molecule has 0 saturated carbocycles. The first-order chi connectivity index (χ1) is 6.63. The Morgan fingerprint density at radius 3 is 2.86 bits per heavy atom. The summed E-state index contributed by atoms with van der Waals surface area (Å²) in [7, 11) is 1.26. The van der Waals surface area contributed by atoms with Crippen LogP contribution in [-0.2, 0) is 23.8 Å². The fraction of sp³-hybridized carbons (Fsp3) is 0.333. The highest BCUT2D eigenvalue weighted by Crippen LogP contribution is 2.13. The van der Waals surface area contributed by atoms with Gasteiger partial charge in [0, 0.05) is 11.6 Å². The minimum absolute atomic E-state index is 0.415. The van der Waals surface area contributed by atoms with Gasteiger partial charge in [0.2, 0.25) is 0 Å². The maximum Gasteiger partial charge on any atom is 0.336 e. The van der Waals surface area contributed by atoms with E-state index in [-0.39, 0.29) is 0 Å². The van der Waals surface area contributed by atoms with Crippen molar-refractivity contribution in [2.45, 2.75) is 13.2 Å². The largest absolute Gasteiger partial charge is 0.466 e. The molecule has 0 fully saturated rings. The van der Waals surface area contributed by atoms with Crippen LogP contribution in [0.2, 0.25) is 0 Å². The first kappa shape index (κ1) is 10.3. The van der Waals surface area contributed by atoms with Crippen LogP contribution in [0.15, 0.2) is 24.0 Å². The Hall–Kier alpha value is -1.78. The number of cyclic esters (lactones) is 1. The molecular formula is C9H10O5. The third-order valence-electron chi connectivity index (χ3n) is 1.55. The molecule has 0 bridgehead atoms. The predicted octanol–water partition coefficient (Wildman–Crippen LogP) is 0.519. The topological polar surface area (TPSA) is 61.8 Å². The number of methoxy groups -OCH3 is 1. The van der Waals surface area contributed by atoms with E-state index in [4.69, 9.17) is 9.47 Å². The van der Waals surface area contributed by atoms with Gasteiger partial charge >= 0.3 is 11.9 Å². The van der Waals surface area contributed by atoms with Gasteiger partial charge in [0.15, 0.2) is 0 Å². The van der Waals surface area contributed by atoms with Crippen molar-refractivity contribution in [2.75, 3.05) is 7.11 Å². The van der Waals surface area contributed by atoms with Crippen LogP contribution in [-0.4, -0.2) is 25.3 Å². The van der Waals surface area contributed by atoms with Gasteiger partial charge in [-0.15, -0.1) is 0 Å². The third kappa shape index (κ3) is 2.62. The summed E-state index contributed by atoms with van der Waals surface area (Å²) in [5.41, 5.74) is 0.487. The monoisotopic (exact) mass is 198 g/mol. The summed E-state index contributed by atoms with van der Waals surface area (Å²) in [6.07, 6.45) is 2.99. The van der Waals surface area contributed by atoms with Crippen LogP contribution in [0.25, 0.3) is 0 Å². The lowest BCUT2D eigenvalue weighted by Gasteiger charge is -2.05. The standard InChI is InChI=1S/C9H10O5/c1-6-5-8(14-9(6)11)13-4-3-7(10)12-2/h3-5,8H,1-2H3/b4-3-/t8-/m1/s1. The van der Waals surface area contributed by atoms with Crippen LogP contribution < -0.4 is 0 Å². The van der Waals surface area contributed by atoms with Gasteiger partial charge in [0.05, 0.1) is 19.4 Å². The average Bonchev–Trinajstić information content (AvgIpc) is 2.46. The van der Waals surface area contributed by atoms with E-state index >= 15 is 0 Å². The minimum Gasteiger partial charge on any atom is -0.466 e. The van der Waals surface area contributed by atoms with Crippen LogP contribution in [0.5, 0.6) is 0 Å². The number of carbonyl (C=O) groups is 2. The lowest BCUT2D eigenvalue weighted by molar-refractivity contribution is -0.152. The van der Waals surface area contributed by atoms with E-state index in [1.54, 1.807) is 6.92 Å². The van der Waals surface area contributed by atoms with Crippen molar-refractivity contribution in [3.8, 4) is 0 Å². The Balaban J connectivity index is 2.38. The van der Waals surface area contributed by atoms with Crippen LogP contribution in [0, 0.1) is 0 Å². The fourth-order valence-corrected chi connectivity index (χ4v) is 0.812. The molecule has 1 atom stereocenters. The van der Waals surface area contributed by atoms with Crippen molar-refractivity contribution < 1.29 is 23.8 Å². The maximum atomic E-state index is 10.9. The van der Waals surface area contributed by atoms with Crippen molar-refractivity contribution in [1.29, 1.82) is 0 Å². The fourth-order valence-electron chi connectivity index (χ4n) is 0.812. The molecule has 0 amide bonds. The molecule has 5 heteroatoms. The van der Waals surface area contributed by atoms with E-state index in [9.17, 15) is 9.59 Å². The summed E-state index contributed by atoms with van der Waals surface area (Å²) >= 11 is 0. The second kappa shape index (κ2) is 4.45. The van der Waals surface area contributed by atoms with Crippen molar-refractivity contribution in [3.63, 3.8) is 0 Å². The molecule has 1 aliphatic rings. The predicted molar refractivity (Wildman–Crippen MR) is 45.9 cm³/mol. The molecule has 0 aliphatic carbocycles. The Bertz CT molecular complexity index is 302. The molecule has 0 spiro atoms. The average molecular weight is 198 g/mol. The zero-order valence-corrected chi connectivity index (χ0v) is 7.85. The first-order valence-electron chi connectivity index (χ1n) is 3.93. The molecule has 0 aromatic rings. The highest BCUT2D eigenvalue weighted by Gasteiger charge is 2.22. The molecule has 0 aromatic heterocycles. The van der Waals surface area contributed by atoms with Gasteiger partial charge < -0.3 is 14.2 Å². The summed E-state index contributed by atoms with van der Waals surface area (Å²) in [5.74, 6) is -0.948. The van der Waals surface area contributed by atoms with Crippen LogP contribution >= 0.6 is 0 Å². The highest BCUT2D eigenvalue weighted by molar-refractivity contribution is 5.90. The van der Waals surface area contributed by atoms with Gasteiger partial charge in [0.1, 0.15) is 0 Å². The van der Waals surface area contributed by atoms with Gasteiger partial charge in [-0.05, 0) is 6.92 Å². The summed E-state index contributed by atoms with van der Waals surface area (Å²) in [6, 6.07) is 0. The second-order valence-electron chi connectivity index (χ2n) is 2.59. The summed E-state index contributed by atoms with van der Waals surface area (Å²) < 4.78 is 14.0. The van der Waals surface area contributed by atoms with E-state index in [2.05, 4.69) is 4.74 Å². The van der Waals surface area contributed by atoms with Gasteiger partial charge in [0.25, 0.3) is 6.29 Å². The van der Waals surface area contributed by atoms with Crippen molar-refractivity contribution in [2.24, 2.45) is 0 Å². The van der Waals surface area contributed by atoms with Crippen molar-refractivity contribution in [1.82, 2.24) is 0 Å². The maximum absolute atomic E-state index is 10.9. The van der Waals surface area contributed by atoms with Gasteiger partial charge in [-0.1, -0.05) is 0 Å². The molecule has 76 valence electrons. The van der Waals surface area contributed by atoms with E-state index in [0.29, 0.717) is 5.57 Å². The quantitative estimate of drug-likeness (QED) is 0.376. The Morgan fingerprint density at radius 2 is 2.36 bits per heavy atom. The molecule has 0 saturated heterocycles. The van der Waals surface area contributed by atoms with E-state index in [1.807, 2.05) is 0 Å². The zero-order valence-electron chi connectivity index (χ0n) is 7.85. The summed E-state index contributed by atoms with van der Waals surface area (Å²) in [4.78, 5) is 21.5. The van der Waals surface area contributed by atoms with Crippen LogP contribution in [0.3, 0.4) is 0 Å². The molecule has 0 aromatic carbocycles. The number of ether oxygens (including phenoxy) is 3. The second-order valence-corrected chi connectivity index (χ2v) is 2.59. The minimum atomic E-state index is -0.747. The van der Waals surface area contributed by atoms with Gasteiger partial charge in [-0.25, -0.2) is 9.59 Å². The Kier molecular flexibility index (Phi) is 3.28. The van der Waals surface area contributed by atoms with Crippen LogP contribution in [0.4, 0.5) is 0 Å².